The molecule has 0 unspecified atom stereocenters. The van der Waals surface area contributed by atoms with E-state index in [0.29, 0.717) is 24.6 Å². The van der Waals surface area contributed by atoms with Crippen LogP contribution in [0.1, 0.15) is 16.8 Å². The maximum absolute atomic E-state index is 11.8. The number of benzene rings is 1. The van der Waals surface area contributed by atoms with Crippen LogP contribution >= 0.6 is 15.9 Å². The number of aliphatic imine (C=N–C) groups is 1. The molecule has 0 N–H and O–H groups in total. The van der Waals surface area contributed by atoms with E-state index in [4.69, 9.17) is 4.74 Å². The highest BCUT2D eigenvalue weighted by molar-refractivity contribution is 9.10. The Balaban J connectivity index is 2.11. The van der Waals surface area contributed by atoms with Crippen LogP contribution in [-0.4, -0.2) is 24.8 Å². The van der Waals surface area contributed by atoms with Gasteiger partial charge in [0.1, 0.15) is 6.61 Å². The average Bonchev–Trinajstić information content (AvgIpc) is 2.71. The SMILES string of the molecule is O=C(CC1=NCCO1)c1ccccc1Br. The van der Waals surface area contributed by atoms with Crippen LogP contribution in [-0.2, 0) is 4.74 Å². The largest absolute Gasteiger partial charge is 0.479 e. The van der Waals surface area contributed by atoms with Gasteiger partial charge in [0.2, 0.25) is 0 Å². The quantitative estimate of drug-likeness (QED) is 0.790. The first-order chi connectivity index (χ1) is 7.27. The fourth-order valence-corrected chi connectivity index (χ4v) is 1.91. The number of nitrogens with zero attached hydrogens (tertiary/aromatic N) is 1. The van der Waals surface area contributed by atoms with Gasteiger partial charge in [-0.3, -0.25) is 9.79 Å². The average molecular weight is 268 g/mol. The van der Waals surface area contributed by atoms with Gasteiger partial charge in [-0.15, -0.1) is 0 Å². The van der Waals surface area contributed by atoms with E-state index in [-0.39, 0.29) is 12.2 Å². The van der Waals surface area contributed by atoms with Crippen molar-refractivity contribution in [3.63, 3.8) is 0 Å². The fourth-order valence-electron chi connectivity index (χ4n) is 1.41. The molecule has 0 aromatic heterocycles. The Bertz CT molecular complexity index is 415. The number of carbonyl (C=O) groups is 1. The predicted octanol–water partition coefficient (Wildman–Crippen LogP) is 2.45. The van der Waals surface area contributed by atoms with Crippen LogP contribution < -0.4 is 0 Å². The van der Waals surface area contributed by atoms with Crippen molar-refractivity contribution in [2.75, 3.05) is 13.2 Å². The lowest BCUT2D eigenvalue weighted by Gasteiger charge is -2.03. The Labute approximate surface area is 96.3 Å². The van der Waals surface area contributed by atoms with E-state index < -0.39 is 0 Å². The first-order valence-corrected chi connectivity index (χ1v) is 5.50. The second-order valence-electron chi connectivity index (χ2n) is 3.20. The van der Waals surface area contributed by atoms with Gasteiger partial charge in [-0.1, -0.05) is 34.1 Å². The molecule has 78 valence electrons. The molecule has 2 rings (SSSR count). The minimum absolute atomic E-state index is 0.0307. The van der Waals surface area contributed by atoms with Crippen molar-refractivity contribution in [1.82, 2.24) is 0 Å². The minimum atomic E-state index is 0.0307. The third-order valence-corrected chi connectivity index (χ3v) is 2.83. The van der Waals surface area contributed by atoms with Crippen molar-refractivity contribution in [2.24, 2.45) is 4.99 Å². The van der Waals surface area contributed by atoms with Gasteiger partial charge in [0.05, 0.1) is 13.0 Å². The Morgan fingerprint density at radius 1 is 1.47 bits per heavy atom. The minimum Gasteiger partial charge on any atom is -0.479 e. The molecule has 0 bridgehead atoms. The summed E-state index contributed by atoms with van der Waals surface area (Å²) in [6.45, 7) is 1.26. The Morgan fingerprint density at radius 3 is 2.93 bits per heavy atom. The number of ether oxygens (including phenoxy) is 1. The van der Waals surface area contributed by atoms with Gasteiger partial charge in [0.15, 0.2) is 11.7 Å². The van der Waals surface area contributed by atoms with Gasteiger partial charge >= 0.3 is 0 Å². The molecule has 0 atom stereocenters. The molecule has 3 nitrogen and oxygen atoms in total. The molecule has 1 aliphatic rings. The summed E-state index contributed by atoms with van der Waals surface area (Å²) < 4.78 is 6.01. The molecule has 15 heavy (non-hydrogen) atoms. The molecule has 4 heteroatoms. The van der Waals surface area contributed by atoms with E-state index >= 15 is 0 Å². The first kappa shape index (κ1) is 10.4. The summed E-state index contributed by atoms with van der Waals surface area (Å²) in [5, 5.41) is 0. The predicted molar refractivity (Wildman–Crippen MR) is 61.3 cm³/mol. The van der Waals surface area contributed by atoms with E-state index in [1.165, 1.54) is 0 Å². The monoisotopic (exact) mass is 267 g/mol. The number of ketones is 1. The van der Waals surface area contributed by atoms with E-state index in [1.54, 1.807) is 6.07 Å². The van der Waals surface area contributed by atoms with Crippen LogP contribution in [0, 0.1) is 0 Å². The van der Waals surface area contributed by atoms with Gasteiger partial charge in [0.25, 0.3) is 0 Å². The maximum Gasteiger partial charge on any atom is 0.191 e. The Hall–Kier alpha value is -1.16. The van der Waals surface area contributed by atoms with E-state index in [9.17, 15) is 4.79 Å². The smallest absolute Gasteiger partial charge is 0.191 e. The zero-order valence-electron chi connectivity index (χ0n) is 8.07. The summed E-state index contributed by atoms with van der Waals surface area (Å²) in [5.41, 5.74) is 0.677. The topological polar surface area (TPSA) is 38.7 Å². The molecular formula is C11H10BrNO2. The third kappa shape index (κ3) is 2.45. The Kier molecular flexibility index (Phi) is 3.16. The lowest BCUT2D eigenvalue weighted by atomic mass is 10.1. The highest BCUT2D eigenvalue weighted by atomic mass is 79.9. The highest BCUT2D eigenvalue weighted by Crippen LogP contribution is 2.18. The van der Waals surface area contributed by atoms with Crippen LogP contribution in [0.25, 0.3) is 0 Å². The van der Waals surface area contributed by atoms with Gasteiger partial charge in [-0.05, 0) is 6.07 Å². The molecule has 0 spiro atoms. The Morgan fingerprint density at radius 2 is 2.27 bits per heavy atom. The third-order valence-electron chi connectivity index (χ3n) is 2.13. The molecule has 1 aromatic carbocycles. The van der Waals surface area contributed by atoms with Crippen molar-refractivity contribution in [3.05, 3.63) is 34.3 Å². The van der Waals surface area contributed by atoms with Crippen LogP contribution in [0.2, 0.25) is 0 Å². The van der Waals surface area contributed by atoms with Crippen molar-refractivity contribution in [3.8, 4) is 0 Å². The highest BCUT2D eigenvalue weighted by Gasteiger charge is 2.15. The number of rotatable bonds is 3. The van der Waals surface area contributed by atoms with E-state index in [0.717, 1.165) is 4.47 Å². The molecular weight excluding hydrogens is 258 g/mol. The fraction of sp³-hybridized carbons (Fsp3) is 0.273. The molecule has 0 aliphatic carbocycles. The molecule has 1 aromatic rings. The summed E-state index contributed by atoms with van der Waals surface area (Å²) in [6, 6.07) is 7.37. The normalized spacial score (nSPS) is 14.6. The van der Waals surface area contributed by atoms with Crippen LogP contribution in [0.4, 0.5) is 0 Å². The van der Waals surface area contributed by atoms with Crippen LogP contribution in [0.15, 0.2) is 33.7 Å². The summed E-state index contributed by atoms with van der Waals surface area (Å²) in [7, 11) is 0. The molecule has 0 saturated heterocycles. The lowest BCUT2D eigenvalue weighted by Crippen LogP contribution is -2.09. The van der Waals surface area contributed by atoms with Crippen molar-refractivity contribution < 1.29 is 9.53 Å². The zero-order valence-corrected chi connectivity index (χ0v) is 9.66. The molecule has 1 heterocycles. The molecule has 0 fully saturated rings. The lowest BCUT2D eigenvalue weighted by molar-refractivity contribution is 0.0994. The zero-order chi connectivity index (χ0) is 10.7. The molecule has 0 amide bonds. The number of Topliss-reactive ketones (excluding diaryl/α,β-unsaturated/α-hetero) is 1. The van der Waals surface area contributed by atoms with Crippen molar-refractivity contribution in [1.29, 1.82) is 0 Å². The second kappa shape index (κ2) is 4.57. The number of halogens is 1. The first-order valence-electron chi connectivity index (χ1n) is 4.71. The number of hydrogen-bond donors (Lipinski definition) is 0. The van der Waals surface area contributed by atoms with Gasteiger partial charge in [-0.25, -0.2) is 0 Å². The second-order valence-corrected chi connectivity index (χ2v) is 4.06. The van der Waals surface area contributed by atoms with Crippen LogP contribution in [0.3, 0.4) is 0 Å². The summed E-state index contributed by atoms with van der Waals surface area (Å²) in [4.78, 5) is 15.9. The molecule has 1 aliphatic heterocycles. The maximum atomic E-state index is 11.8. The number of hydrogen-bond acceptors (Lipinski definition) is 3. The molecule has 0 saturated carbocycles. The van der Waals surface area contributed by atoms with Crippen molar-refractivity contribution >= 4 is 27.6 Å². The summed E-state index contributed by atoms with van der Waals surface area (Å²) in [5.74, 6) is 0.582. The van der Waals surface area contributed by atoms with Gasteiger partial charge < -0.3 is 4.74 Å². The van der Waals surface area contributed by atoms with Gasteiger partial charge in [-0.2, -0.15) is 0 Å². The van der Waals surface area contributed by atoms with E-state index in [1.807, 2.05) is 18.2 Å². The van der Waals surface area contributed by atoms with Crippen LogP contribution in [0.5, 0.6) is 0 Å². The number of carbonyl (C=O) groups excluding carboxylic acids is 1. The summed E-state index contributed by atoms with van der Waals surface area (Å²) >= 11 is 3.34. The molecule has 0 radical (unpaired) electrons. The summed E-state index contributed by atoms with van der Waals surface area (Å²) in [6.07, 6.45) is 0.253. The van der Waals surface area contributed by atoms with Crippen molar-refractivity contribution in [2.45, 2.75) is 6.42 Å². The standard InChI is InChI=1S/C11H10BrNO2/c12-9-4-2-1-3-8(9)10(14)7-11-13-5-6-15-11/h1-4H,5-7H2. The van der Waals surface area contributed by atoms with E-state index in [2.05, 4.69) is 20.9 Å². The van der Waals surface area contributed by atoms with Gasteiger partial charge in [0, 0.05) is 10.0 Å².